The number of pyridine rings is 1. The average molecular weight is 234 g/mol. The zero-order chi connectivity index (χ0) is 12.7. The first-order chi connectivity index (χ1) is 8.19. The van der Waals surface area contributed by atoms with Gasteiger partial charge in [-0.05, 0) is 25.3 Å². The Bertz CT molecular complexity index is 438. The van der Waals surface area contributed by atoms with Crippen LogP contribution in [0.1, 0.15) is 29.0 Å². The van der Waals surface area contributed by atoms with E-state index in [1.165, 1.54) is 12.1 Å². The molecule has 1 aromatic heterocycles. The van der Waals surface area contributed by atoms with Gasteiger partial charge in [-0.25, -0.2) is 9.64 Å². The van der Waals surface area contributed by atoms with Crippen LogP contribution in [-0.2, 0) is 11.2 Å². The van der Waals surface area contributed by atoms with Gasteiger partial charge in [0.05, 0.1) is 6.57 Å². The van der Waals surface area contributed by atoms with E-state index in [1.54, 1.807) is 7.11 Å². The summed E-state index contributed by atoms with van der Waals surface area (Å²) in [6.45, 7) is 7.65. The highest BCUT2D eigenvalue weighted by atomic mass is 16.5. The number of unbranched alkanes of at least 4 members (excludes halogenated alkanes) is 1. The maximum Gasteiger partial charge on any atom is 0.354 e. The molecule has 0 bridgehead atoms. The highest BCUT2D eigenvalue weighted by Gasteiger charge is 2.09. The Hall–Kier alpha value is -1.93. The van der Waals surface area contributed by atoms with Crippen LogP contribution in [0.2, 0.25) is 0 Å². The molecule has 1 aromatic rings. The number of aromatic carboxylic acids is 1. The lowest BCUT2D eigenvalue weighted by atomic mass is 10.1. The number of carboxylic acid groups (broad SMARTS) is 1. The Labute approximate surface area is 99.9 Å². The number of hydrogen-bond acceptors (Lipinski definition) is 3. The molecule has 0 amide bonds. The number of carboxylic acids is 1. The zero-order valence-corrected chi connectivity index (χ0v) is 9.64. The maximum atomic E-state index is 10.8. The van der Waals surface area contributed by atoms with Crippen LogP contribution in [0, 0.1) is 6.57 Å². The van der Waals surface area contributed by atoms with Gasteiger partial charge in [0.2, 0.25) is 5.69 Å². The molecule has 5 nitrogen and oxygen atoms in total. The Morgan fingerprint density at radius 2 is 2.29 bits per heavy atom. The van der Waals surface area contributed by atoms with E-state index in [9.17, 15) is 4.79 Å². The van der Waals surface area contributed by atoms with E-state index in [1.807, 2.05) is 0 Å². The number of ether oxygens (including phenoxy) is 1. The van der Waals surface area contributed by atoms with Crippen LogP contribution in [-0.4, -0.2) is 29.8 Å². The molecule has 0 aliphatic heterocycles. The number of rotatable bonds is 6. The molecule has 0 aromatic carbocycles. The van der Waals surface area contributed by atoms with Gasteiger partial charge in [0.15, 0.2) is 0 Å². The number of aromatic nitrogens is 1. The van der Waals surface area contributed by atoms with Gasteiger partial charge in [-0.2, -0.15) is 0 Å². The van der Waals surface area contributed by atoms with Gasteiger partial charge in [0, 0.05) is 19.4 Å². The summed E-state index contributed by atoms with van der Waals surface area (Å²) in [5, 5.41) is 8.82. The van der Waals surface area contributed by atoms with Gasteiger partial charge < -0.3 is 9.84 Å². The first kappa shape index (κ1) is 13.1. The summed E-state index contributed by atoms with van der Waals surface area (Å²) in [5.41, 5.74) is 0.961. The van der Waals surface area contributed by atoms with Crippen LogP contribution in [0.4, 0.5) is 5.69 Å². The Morgan fingerprint density at radius 3 is 2.88 bits per heavy atom. The van der Waals surface area contributed by atoms with E-state index in [-0.39, 0.29) is 5.69 Å². The minimum absolute atomic E-state index is 0.0147. The van der Waals surface area contributed by atoms with Crippen molar-refractivity contribution in [1.29, 1.82) is 0 Å². The predicted octanol–water partition coefficient (Wildman–Crippen LogP) is 2.30. The lowest BCUT2D eigenvalue weighted by molar-refractivity contribution is 0.0690. The molecule has 0 atom stereocenters. The molecule has 1 heterocycles. The second kappa shape index (κ2) is 6.61. The van der Waals surface area contributed by atoms with Gasteiger partial charge in [0.1, 0.15) is 5.69 Å². The molecule has 1 N–H and O–H groups in total. The highest BCUT2D eigenvalue weighted by molar-refractivity contribution is 5.85. The summed E-state index contributed by atoms with van der Waals surface area (Å²) in [5.74, 6) is -1.07. The quantitative estimate of drug-likeness (QED) is 0.606. The topological polar surface area (TPSA) is 63.8 Å². The molecular weight excluding hydrogens is 220 g/mol. The van der Waals surface area contributed by atoms with E-state index in [4.69, 9.17) is 16.4 Å². The predicted molar refractivity (Wildman–Crippen MR) is 62.3 cm³/mol. The number of hydrogen-bond donors (Lipinski definition) is 1. The summed E-state index contributed by atoms with van der Waals surface area (Å²) >= 11 is 0. The van der Waals surface area contributed by atoms with Crippen molar-refractivity contribution in [3.63, 3.8) is 0 Å². The molecular formula is C12H14N2O3. The normalized spacial score (nSPS) is 9.88. The molecule has 5 heteroatoms. The standard InChI is InChI=1S/C12H14N2O3/c1-13-9-6-7-11(12(15)16)14-10(9)5-3-4-8-17-2/h6-7H,3-5,8H2,2H3,(H,15,16). The van der Waals surface area contributed by atoms with Gasteiger partial charge in [-0.1, -0.05) is 6.07 Å². The van der Waals surface area contributed by atoms with Crippen molar-refractivity contribution in [2.45, 2.75) is 19.3 Å². The van der Waals surface area contributed by atoms with Gasteiger partial charge >= 0.3 is 5.97 Å². The largest absolute Gasteiger partial charge is 0.477 e. The molecule has 0 aliphatic carbocycles. The van der Waals surface area contributed by atoms with Gasteiger partial charge in [-0.3, -0.25) is 4.98 Å². The molecule has 90 valence electrons. The van der Waals surface area contributed by atoms with Crippen LogP contribution >= 0.6 is 0 Å². The molecule has 0 spiro atoms. The third-order valence-electron chi connectivity index (χ3n) is 2.30. The Kier molecular flexibility index (Phi) is 5.11. The molecule has 0 radical (unpaired) electrons. The lowest BCUT2D eigenvalue weighted by Crippen LogP contribution is -2.03. The Morgan fingerprint density at radius 1 is 1.53 bits per heavy atom. The fourth-order valence-corrected chi connectivity index (χ4v) is 1.44. The maximum absolute atomic E-state index is 10.8. The molecule has 0 saturated heterocycles. The van der Waals surface area contributed by atoms with Gasteiger partial charge in [-0.15, -0.1) is 0 Å². The van der Waals surface area contributed by atoms with Crippen LogP contribution in [0.15, 0.2) is 12.1 Å². The fourth-order valence-electron chi connectivity index (χ4n) is 1.44. The van der Waals surface area contributed by atoms with Crippen LogP contribution < -0.4 is 0 Å². The summed E-state index contributed by atoms with van der Waals surface area (Å²) in [7, 11) is 1.63. The third kappa shape index (κ3) is 3.85. The number of methoxy groups -OCH3 is 1. The van der Waals surface area contributed by atoms with E-state index < -0.39 is 5.97 Å². The Balaban J connectivity index is 2.77. The molecule has 17 heavy (non-hydrogen) atoms. The summed E-state index contributed by atoms with van der Waals surface area (Å²) < 4.78 is 4.92. The minimum atomic E-state index is -1.07. The average Bonchev–Trinajstić information content (AvgIpc) is 2.34. The zero-order valence-electron chi connectivity index (χ0n) is 9.64. The lowest BCUT2D eigenvalue weighted by Gasteiger charge is -2.04. The van der Waals surface area contributed by atoms with Crippen LogP contribution in [0.25, 0.3) is 4.85 Å². The highest BCUT2D eigenvalue weighted by Crippen LogP contribution is 2.19. The van der Waals surface area contributed by atoms with Crippen molar-refractivity contribution in [2.75, 3.05) is 13.7 Å². The summed E-state index contributed by atoms with van der Waals surface area (Å²) in [6, 6.07) is 2.86. The summed E-state index contributed by atoms with van der Waals surface area (Å²) in [4.78, 5) is 18.1. The van der Waals surface area contributed by atoms with Gasteiger partial charge in [0.25, 0.3) is 0 Å². The number of aryl methyl sites for hydroxylation is 1. The summed E-state index contributed by atoms with van der Waals surface area (Å²) in [6.07, 6.45) is 2.29. The number of nitrogens with zero attached hydrogens (tertiary/aromatic N) is 2. The van der Waals surface area contributed by atoms with Crippen molar-refractivity contribution >= 4 is 11.7 Å². The number of carbonyl (C=O) groups is 1. The monoisotopic (exact) mass is 234 g/mol. The molecule has 1 rings (SSSR count). The first-order valence-electron chi connectivity index (χ1n) is 5.28. The minimum Gasteiger partial charge on any atom is -0.477 e. The van der Waals surface area contributed by atoms with E-state index in [0.717, 1.165) is 12.8 Å². The molecule has 0 unspecified atom stereocenters. The van der Waals surface area contributed by atoms with Crippen molar-refractivity contribution < 1.29 is 14.6 Å². The molecule has 0 aliphatic rings. The first-order valence-corrected chi connectivity index (χ1v) is 5.28. The fraction of sp³-hybridized carbons (Fsp3) is 0.417. The van der Waals surface area contributed by atoms with Crippen molar-refractivity contribution in [2.24, 2.45) is 0 Å². The third-order valence-corrected chi connectivity index (χ3v) is 2.30. The van der Waals surface area contributed by atoms with Crippen LogP contribution in [0.5, 0.6) is 0 Å². The second-order valence-corrected chi connectivity index (χ2v) is 3.53. The van der Waals surface area contributed by atoms with E-state index >= 15 is 0 Å². The van der Waals surface area contributed by atoms with Crippen LogP contribution in [0.3, 0.4) is 0 Å². The smallest absolute Gasteiger partial charge is 0.354 e. The van der Waals surface area contributed by atoms with Crippen molar-refractivity contribution in [3.8, 4) is 0 Å². The molecule has 0 saturated carbocycles. The van der Waals surface area contributed by atoms with E-state index in [0.29, 0.717) is 24.4 Å². The van der Waals surface area contributed by atoms with Crippen molar-refractivity contribution in [1.82, 2.24) is 4.98 Å². The molecule has 0 fully saturated rings. The SMILES string of the molecule is [C-]#[N+]c1ccc(C(=O)O)nc1CCCCOC. The second-order valence-electron chi connectivity index (χ2n) is 3.53. The van der Waals surface area contributed by atoms with Crippen molar-refractivity contribution in [3.05, 3.63) is 34.9 Å². The van der Waals surface area contributed by atoms with E-state index in [2.05, 4.69) is 9.83 Å².